The number of hydrogen-bond donors (Lipinski definition) is 0. The second kappa shape index (κ2) is 13.2. The fraction of sp³-hybridized carbons (Fsp3) is 0.947. The van der Waals surface area contributed by atoms with Crippen LogP contribution < -0.4 is 0 Å². The van der Waals surface area contributed by atoms with Gasteiger partial charge in [-0.2, -0.15) is 0 Å². The molecule has 126 valence electrons. The van der Waals surface area contributed by atoms with Crippen molar-refractivity contribution in [3.8, 4) is 0 Å². The Balaban J connectivity index is 3.81. The molecule has 0 fully saturated rings. The van der Waals surface area contributed by atoms with Gasteiger partial charge in [0.15, 0.2) is 0 Å². The van der Waals surface area contributed by atoms with Crippen LogP contribution in [0.2, 0.25) is 0 Å². The summed E-state index contributed by atoms with van der Waals surface area (Å²) in [4.78, 5) is 11.8. The molecule has 0 aliphatic heterocycles. The highest BCUT2D eigenvalue weighted by molar-refractivity contribution is 5.69. The Labute approximate surface area is 133 Å². The molecule has 2 atom stereocenters. The molecule has 0 aliphatic rings. The minimum absolute atomic E-state index is 0.00315. The van der Waals surface area contributed by atoms with Crippen molar-refractivity contribution in [2.45, 2.75) is 92.4 Å². The van der Waals surface area contributed by atoms with Gasteiger partial charge < -0.3 is 4.74 Å². The lowest BCUT2D eigenvalue weighted by Crippen LogP contribution is -2.15. The molecule has 0 aromatic rings. The highest BCUT2D eigenvalue weighted by Gasteiger charge is 2.13. The van der Waals surface area contributed by atoms with Crippen molar-refractivity contribution in [1.82, 2.24) is 0 Å². The van der Waals surface area contributed by atoms with Crippen molar-refractivity contribution >= 4 is 5.97 Å². The lowest BCUT2D eigenvalue weighted by molar-refractivity contribution is -0.145. The monoisotopic (exact) mass is 298 g/mol. The second-order valence-corrected chi connectivity index (χ2v) is 7.07. The van der Waals surface area contributed by atoms with Gasteiger partial charge in [0, 0.05) is 6.42 Å². The average Bonchev–Trinajstić information content (AvgIpc) is 2.45. The highest BCUT2D eigenvalue weighted by atomic mass is 16.5. The van der Waals surface area contributed by atoms with Crippen LogP contribution in [0.4, 0.5) is 0 Å². The molecular weight excluding hydrogens is 260 g/mol. The third-order valence-electron chi connectivity index (χ3n) is 4.35. The van der Waals surface area contributed by atoms with Crippen molar-refractivity contribution in [3.05, 3.63) is 0 Å². The van der Waals surface area contributed by atoms with Crippen LogP contribution >= 0.6 is 0 Å². The second-order valence-electron chi connectivity index (χ2n) is 7.07. The third-order valence-corrected chi connectivity index (χ3v) is 4.35. The molecule has 0 heterocycles. The molecule has 0 aromatic carbocycles. The van der Waals surface area contributed by atoms with Gasteiger partial charge in [-0.1, -0.05) is 66.7 Å². The predicted octanol–water partition coefficient (Wildman–Crippen LogP) is 5.99. The molecule has 2 nitrogen and oxygen atoms in total. The van der Waals surface area contributed by atoms with Crippen LogP contribution in [0, 0.1) is 17.8 Å². The van der Waals surface area contributed by atoms with Gasteiger partial charge in [0.25, 0.3) is 0 Å². The first kappa shape index (κ1) is 20.5. The fourth-order valence-corrected chi connectivity index (χ4v) is 2.55. The SMILES string of the molecule is CCCC(CCC(C)CC)COC(=O)CCCCC(C)C. The van der Waals surface area contributed by atoms with Crippen LogP contribution in [0.3, 0.4) is 0 Å². The molecule has 0 rings (SSSR count). The first-order valence-corrected chi connectivity index (χ1v) is 9.15. The minimum atomic E-state index is 0.00315. The Hall–Kier alpha value is -0.530. The molecule has 2 heteroatoms. The summed E-state index contributed by atoms with van der Waals surface area (Å²) in [5.74, 6) is 2.08. The normalized spacial score (nSPS) is 14.2. The van der Waals surface area contributed by atoms with Crippen LogP contribution in [0.1, 0.15) is 92.4 Å². The van der Waals surface area contributed by atoms with E-state index in [1.165, 1.54) is 38.5 Å². The quantitative estimate of drug-likeness (QED) is 0.308. The smallest absolute Gasteiger partial charge is 0.305 e. The van der Waals surface area contributed by atoms with Gasteiger partial charge in [-0.25, -0.2) is 0 Å². The highest BCUT2D eigenvalue weighted by Crippen LogP contribution is 2.19. The van der Waals surface area contributed by atoms with E-state index in [1.54, 1.807) is 0 Å². The van der Waals surface area contributed by atoms with Crippen LogP contribution in [0.25, 0.3) is 0 Å². The summed E-state index contributed by atoms with van der Waals surface area (Å²) in [5.41, 5.74) is 0. The summed E-state index contributed by atoms with van der Waals surface area (Å²) in [6.07, 6.45) is 9.97. The van der Waals surface area contributed by atoms with Crippen molar-refractivity contribution < 1.29 is 9.53 Å². The van der Waals surface area contributed by atoms with Gasteiger partial charge in [0.05, 0.1) is 6.61 Å². The molecule has 0 amide bonds. The number of hydrogen-bond acceptors (Lipinski definition) is 2. The maximum absolute atomic E-state index is 11.8. The maximum Gasteiger partial charge on any atom is 0.305 e. The van der Waals surface area contributed by atoms with Gasteiger partial charge >= 0.3 is 5.97 Å². The van der Waals surface area contributed by atoms with Crippen molar-refractivity contribution in [1.29, 1.82) is 0 Å². The van der Waals surface area contributed by atoms with Crippen LogP contribution in [0.15, 0.2) is 0 Å². The molecule has 0 aromatic heterocycles. The van der Waals surface area contributed by atoms with E-state index in [0.29, 0.717) is 18.9 Å². The Morgan fingerprint density at radius 3 is 2.24 bits per heavy atom. The molecule has 0 saturated heterocycles. The summed E-state index contributed by atoms with van der Waals surface area (Å²) >= 11 is 0. The summed E-state index contributed by atoms with van der Waals surface area (Å²) < 4.78 is 5.49. The summed E-state index contributed by atoms with van der Waals surface area (Å²) in [6, 6.07) is 0. The van der Waals surface area contributed by atoms with E-state index in [0.717, 1.165) is 24.7 Å². The Bertz CT molecular complexity index is 248. The van der Waals surface area contributed by atoms with Gasteiger partial charge in [-0.15, -0.1) is 0 Å². The lowest BCUT2D eigenvalue weighted by Gasteiger charge is -2.18. The lowest BCUT2D eigenvalue weighted by atomic mass is 9.93. The van der Waals surface area contributed by atoms with Gasteiger partial charge in [0.2, 0.25) is 0 Å². The molecular formula is C19H38O2. The van der Waals surface area contributed by atoms with Gasteiger partial charge in [-0.3, -0.25) is 4.79 Å². The van der Waals surface area contributed by atoms with E-state index in [9.17, 15) is 4.79 Å². The summed E-state index contributed by atoms with van der Waals surface area (Å²) in [7, 11) is 0. The van der Waals surface area contributed by atoms with E-state index in [2.05, 4.69) is 34.6 Å². The predicted molar refractivity (Wildman–Crippen MR) is 91.4 cm³/mol. The minimum Gasteiger partial charge on any atom is -0.465 e. The van der Waals surface area contributed by atoms with E-state index in [1.807, 2.05) is 0 Å². The van der Waals surface area contributed by atoms with Crippen LogP contribution in [-0.2, 0) is 9.53 Å². The van der Waals surface area contributed by atoms with Crippen LogP contribution in [-0.4, -0.2) is 12.6 Å². The van der Waals surface area contributed by atoms with E-state index in [-0.39, 0.29) is 5.97 Å². The third kappa shape index (κ3) is 12.9. The first-order valence-electron chi connectivity index (χ1n) is 9.15. The molecule has 0 spiro atoms. The topological polar surface area (TPSA) is 26.3 Å². The van der Waals surface area contributed by atoms with Crippen molar-refractivity contribution in [2.75, 3.05) is 6.61 Å². The molecule has 0 bridgehead atoms. The molecule has 0 saturated carbocycles. The van der Waals surface area contributed by atoms with Crippen LogP contribution in [0.5, 0.6) is 0 Å². The van der Waals surface area contributed by atoms with E-state index in [4.69, 9.17) is 4.74 Å². The molecule has 0 radical (unpaired) electrons. The van der Waals surface area contributed by atoms with Crippen molar-refractivity contribution in [2.24, 2.45) is 17.8 Å². The maximum atomic E-state index is 11.8. The zero-order valence-electron chi connectivity index (χ0n) is 15.1. The zero-order valence-corrected chi connectivity index (χ0v) is 15.1. The first-order chi connectivity index (χ1) is 9.99. The molecule has 0 N–H and O–H groups in total. The molecule has 0 aliphatic carbocycles. The number of esters is 1. The van der Waals surface area contributed by atoms with E-state index >= 15 is 0 Å². The number of carbonyl (C=O) groups is 1. The van der Waals surface area contributed by atoms with Gasteiger partial charge in [-0.05, 0) is 37.0 Å². The Morgan fingerprint density at radius 2 is 1.67 bits per heavy atom. The van der Waals surface area contributed by atoms with Gasteiger partial charge in [0.1, 0.15) is 0 Å². The summed E-state index contributed by atoms with van der Waals surface area (Å²) in [6.45, 7) is 11.9. The Morgan fingerprint density at radius 1 is 0.952 bits per heavy atom. The van der Waals surface area contributed by atoms with Crippen molar-refractivity contribution in [3.63, 3.8) is 0 Å². The number of rotatable bonds is 13. The number of carbonyl (C=O) groups excluding carboxylic acids is 1. The number of ether oxygens (including phenoxy) is 1. The zero-order chi connectivity index (χ0) is 16.1. The molecule has 21 heavy (non-hydrogen) atoms. The largest absolute Gasteiger partial charge is 0.465 e. The van der Waals surface area contributed by atoms with E-state index < -0.39 is 0 Å². The standard InChI is InChI=1S/C19H38O2/c1-6-10-18(14-13-17(5)7-2)15-21-19(20)12-9-8-11-16(3)4/h16-18H,6-15H2,1-5H3. The summed E-state index contributed by atoms with van der Waals surface area (Å²) in [5, 5.41) is 0. The fourth-order valence-electron chi connectivity index (χ4n) is 2.55. The number of unbranched alkanes of at least 4 members (excludes halogenated alkanes) is 1. The average molecular weight is 299 g/mol. The Kier molecular flexibility index (Phi) is 12.8. The molecule has 2 unspecified atom stereocenters.